The van der Waals surface area contributed by atoms with Crippen LogP contribution in [0.2, 0.25) is 0 Å². The lowest BCUT2D eigenvalue weighted by atomic mass is 9.97. The van der Waals surface area contributed by atoms with Gasteiger partial charge in [-0.1, -0.05) is 13.0 Å². The number of ether oxygens (including phenoxy) is 1. The van der Waals surface area contributed by atoms with E-state index in [2.05, 4.69) is 6.58 Å². The molecule has 1 saturated carbocycles. The third kappa shape index (κ3) is 2.57. The summed E-state index contributed by atoms with van der Waals surface area (Å²) in [6.07, 6.45) is 3.29. The Morgan fingerprint density at radius 2 is 1.87 bits per heavy atom. The van der Waals surface area contributed by atoms with Gasteiger partial charge in [0.1, 0.15) is 0 Å². The van der Waals surface area contributed by atoms with Crippen molar-refractivity contribution < 1.29 is 22.5 Å². The van der Waals surface area contributed by atoms with Crippen LogP contribution in [0.25, 0.3) is 0 Å². The first-order valence-electron chi connectivity index (χ1n) is 4.74. The Bertz CT molecular complexity index is 351. The normalized spacial score (nSPS) is 20.6. The Morgan fingerprint density at radius 3 is 2.27 bits per heavy atom. The molecule has 6 heteroatoms. The fourth-order valence-corrected chi connectivity index (χ4v) is 2.72. The Kier molecular flexibility index (Phi) is 3.51. The second-order valence-corrected chi connectivity index (χ2v) is 5.27. The summed E-state index contributed by atoms with van der Waals surface area (Å²) in [6, 6.07) is 0. The maximum Gasteiger partial charge on any atom is 0.331 e. The Hall–Kier alpha value is -0.880. The van der Waals surface area contributed by atoms with Crippen molar-refractivity contribution >= 4 is 16.1 Å². The van der Waals surface area contributed by atoms with Crippen LogP contribution in [0.3, 0.4) is 0 Å². The molecule has 5 nitrogen and oxygen atoms in total. The predicted octanol–water partition coefficient (Wildman–Crippen LogP) is 1.26. The molecule has 0 aliphatic heterocycles. The Morgan fingerprint density at radius 1 is 1.33 bits per heavy atom. The van der Waals surface area contributed by atoms with Crippen LogP contribution >= 0.6 is 0 Å². The van der Waals surface area contributed by atoms with Gasteiger partial charge in [-0.3, -0.25) is 4.55 Å². The van der Waals surface area contributed by atoms with Gasteiger partial charge in [-0.05, 0) is 12.8 Å². The fourth-order valence-electron chi connectivity index (χ4n) is 1.73. The van der Waals surface area contributed by atoms with E-state index in [4.69, 9.17) is 9.29 Å². The topological polar surface area (TPSA) is 80.7 Å². The largest absolute Gasteiger partial charge is 0.437 e. The number of hydrogen-bond donors (Lipinski definition) is 1. The molecule has 1 aliphatic rings. The van der Waals surface area contributed by atoms with Crippen molar-refractivity contribution in [2.75, 3.05) is 0 Å². The van der Waals surface area contributed by atoms with Gasteiger partial charge in [0.2, 0.25) is 4.93 Å². The van der Waals surface area contributed by atoms with Crippen LogP contribution < -0.4 is 0 Å². The first-order valence-corrected chi connectivity index (χ1v) is 6.18. The first kappa shape index (κ1) is 12.2. The van der Waals surface area contributed by atoms with Crippen molar-refractivity contribution in [3.63, 3.8) is 0 Å². The minimum atomic E-state index is -4.38. The summed E-state index contributed by atoms with van der Waals surface area (Å²) < 4.78 is 36.3. The lowest BCUT2D eigenvalue weighted by molar-refractivity contribution is -0.148. The summed E-state index contributed by atoms with van der Waals surface area (Å²) in [5.74, 6) is -0.825. The molecule has 1 rings (SSSR count). The van der Waals surface area contributed by atoms with E-state index in [-0.39, 0.29) is 12.8 Å². The molecule has 0 aromatic carbocycles. The van der Waals surface area contributed by atoms with Crippen LogP contribution in [0.1, 0.15) is 32.1 Å². The lowest BCUT2D eigenvalue weighted by Crippen LogP contribution is -2.44. The Balaban J connectivity index is 2.95. The van der Waals surface area contributed by atoms with Gasteiger partial charge in [0, 0.05) is 18.9 Å². The first-order chi connectivity index (χ1) is 6.91. The van der Waals surface area contributed by atoms with Crippen LogP contribution in [0.5, 0.6) is 0 Å². The van der Waals surface area contributed by atoms with Crippen LogP contribution in [-0.4, -0.2) is 23.9 Å². The highest BCUT2D eigenvalue weighted by atomic mass is 32.2. The third-order valence-electron chi connectivity index (χ3n) is 2.54. The van der Waals surface area contributed by atoms with Crippen LogP contribution in [0, 0.1) is 0 Å². The van der Waals surface area contributed by atoms with Crippen molar-refractivity contribution in [2.45, 2.75) is 37.0 Å². The summed E-state index contributed by atoms with van der Waals surface area (Å²) in [4.78, 5) is 9.26. The molecule has 0 aromatic heterocycles. The fraction of sp³-hybridized carbons (Fsp3) is 0.667. The second kappa shape index (κ2) is 4.32. The molecule has 0 saturated heterocycles. The summed E-state index contributed by atoms with van der Waals surface area (Å²) >= 11 is 0. The monoisotopic (exact) mass is 234 g/mol. The molecule has 0 amide bonds. The second-order valence-electron chi connectivity index (χ2n) is 3.57. The van der Waals surface area contributed by atoms with E-state index in [9.17, 15) is 13.2 Å². The number of carbonyl (C=O) groups excluding carboxylic acids is 1. The van der Waals surface area contributed by atoms with Gasteiger partial charge in [0.15, 0.2) is 0 Å². The Labute approximate surface area is 88.9 Å². The minimum absolute atomic E-state index is 0.144. The van der Waals surface area contributed by atoms with Gasteiger partial charge in [0.25, 0.3) is 0 Å². The summed E-state index contributed by atoms with van der Waals surface area (Å²) in [7, 11) is -4.38. The summed E-state index contributed by atoms with van der Waals surface area (Å²) in [5, 5.41) is 0. The molecule has 0 atom stereocenters. The van der Waals surface area contributed by atoms with Gasteiger partial charge < -0.3 is 4.74 Å². The van der Waals surface area contributed by atoms with Crippen LogP contribution in [-0.2, 0) is 19.6 Å². The van der Waals surface area contributed by atoms with Crippen LogP contribution in [0.4, 0.5) is 0 Å². The molecular weight excluding hydrogens is 220 g/mol. The molecule has 0 spiro atoms. The van der Waals surface area contributed by atoms with Crippen molar-refractivity contribution in [1.29, 1.82) is 0 Å². The average Bonchev–Trinajstić information content (AvgIpc) is 2.17. The molecule has 0 bridgehead atoms. The summed E-state index contributed by atoms with van der Waals surface area (Å²) in [5.41, 5.74) is 0. The quantitative estimate of drug-likeness (QED) is 0.451. The molecule has 0 radical (unpaired) electrons. The highest BCUT2D eigenvalue weighted by molar-refractivity contribution is 7.87. The standard InChI is InChI=1S/C9H14O5S/c1-2-8(10)14-9(15(11,12)13)6-4-3-5-7-9/h2H,1,3-7H2,(H,11,12,13). The van der Waals surface area contributed by atoms with E-state index in [0.717, 1.165) is 12.5 Å². The number of esters is 1. The minimum Gasteiger partial charge on any atom is -0.437 e. The van der Waals surface area contributed by atoms with Crippen molar-refractivity contribution in [1.82, 2.24) is 0 Å². The van der Waals surface area contributed by atoms with Crippen molar-refractivity contribution in [2.24, 2.45) is 0 Å². The highest BCUT2D eigenvalue weighted by Gasteiger charge is 2.47. The molecule has 1 aliphatic carbocycles. The van der Waals surface area contributed by atoms with Gasteiger partial charge in [0.05, 0.1) is 0 Å². The van der Waals surface area contributed by atoms with E-state index in [1.165, 1.54) is 0 Å². The molecular formula is C9H14O5S. The van der Waals surface area contributed by atoms with E-state index < -0.39 is 21.0 Å². The van der Waals surface area contributed by atoms with E-state index >= 15 is 0 Å². The smallest absolute Gasteiger partial charge is 0.331 e. The number of carbonyl (C=O) groups is 1. The zero-order valence-corrected chi connectivity index (χ0v) is 9.12. The number of hydrogen-bond acceptors (Lipinski definition) is 4. The molecule has 15 heavy (non-hydrogen) atoms. The summed E-state index contributed by atoms with van der Waals surface area (Å²) in [6.45, 7) is 3.19. The third-order valence-corrected chi connectivity index (χ3v) is 3.97. The molecule has 1 N–H and O–H groups in total. The zero-order valence-electron chi connectivity index (χ0n) is 8.31. The van der Waals surface area contributed by atoms with E-state index in [1.807, 2.05) is 0 Å². The van der Waals surface area contributed by atoms with Gasteiger partial charge in [-0.25, -0.2) is 4.79 Å². The van der Waals surface area contributed by atoms with Gasteiger partial charge in [-0.15, -0.1) is 0 Å². The number of rotatable bonds is 3. The molecule has 0 aromatic rings. The maximum atomic E-state index is 11.2. The van der Waals surface area contributed by atoms with Crippen LogP contribution in [0.15, 0.2) is 12.7 Å². The molecule has 86 valence electrons. The van der Waals surface area contributed by atoms with Gasteiger partial charge in [-0.2, -0.15) is 8.42 Å². The SMILES string of the molecule is C=CC(=O)OC1(S(=O)(=O)O)CCCCC1. The van der Waals surface area contributed by atoms with Crippen molar-refractivity contribution in [3.05, 3.63) is 12.7 Å². The maximum absolute atomic E-state index is 11.2. The highest BCUT2D eigenvalue weighted by Crippen LogP contribution is 2.35. The van der Waals surface area contributed by atoms with E-state index in [0.29, 0.717) is 12.8 Å². The molecule has 0 unspecified atom stereocenters. The predicted molar refractivity (Wildman–Crippen MR) is 53.7 cm³/mol. The average molecular weight is 234 g/mol. The lowest BCUT2D eigenvalue weighted by Gasteiger charge is -2.32. The molecule has 1 fully saturated rings. The van der Waals surface area contributed by atoms with E-state index in [1.54, 1.807) is 0 Å². The zero-order chi connectivity index (χ0) is 11.5. The van der Waals surface area contributed by atoms with Gasteiger partial charge >= 0.3 is 16.1 Å². The molecule has 0 heterocycles. The van der Waals surface area contributed by atoms with Crippen molar-refractivity contribution in [3.8, 4) is 0 Å².